The fraction of sp³-hybridized carbons (Fsp3) is 0.217. The Kier molecular flexibility index (Phi) is 5.24. The zero-order chi connectivity index (χ0) is 19.3. The Balaban J connectivity index is 1.64. The van der Waals surface area contributed by atoms with E-state index in [9.17, 15) is 4.79 Å². The number of hydrogen-bond acceptors (Lipinski definition) is 4. The number of fused-ring (bicyclic) bond motifs is 1. The molecule has 0 saturated heterocycles. The number of pyridine rings is 1. The van der Waals surface area contributed by atoms with Crippen LogP contribution >= 0.6 is 0 Å². The Hall–Kier alpha value is -3.34. The van der Waals surface area contributed by atoms with Crippen LogP contribution in [0, 0.1) is 0 Å². The number of aromatic nitrogens is 1. The standard InChI is InChI=1S/C23H23N3O2/c1-18(27)26-15-7-14-25(21-10-3-4-11-22(21)26)17-19-8-2-5-12-23(19)28-20-9-6-13-24-16-20/h2-6,8-13,16H,7,14-15,17H2,1H3. The summed E-state index contributed by atoms with van der Waals surface area (Å²) in [6.45, 7) is 3.95. The van der Waals surface area contributed by atoms with Gasteiger partial charge in [0.1, 0.15) is 11.5 Å². The molecule has 0 fully saturated rings. The lowest BCUT2D eigenvalue weighted by atomic mass is 10.1. The second-order valence-electron chi connectivity index (χ2n) is 6.83. The Morgan fingerprint density at radius 3 is 2.57 bits per heavy atom. The molecule has 1 aliphatic rings. The molecule has 1 aromatic heterocycles. The summed E-state index contributed by atoms with van der Waals surface area (Å²) in [6, 6.07) is 19.9. The molecule has 0 radical (unpaired) electrons. The lowest BCUT2D eigenvalue weighted by Gasteiger charge is -2.27. The minimum atomic E-state index is 0.0783. The van der Waals surface area contributed by atoms with Crippen LogP contribution in [0.5, 0.6) is 11.5 Å². The first-order valence-electron chi connectivity index (χ1n) is 9.50. The van der Waals surface area contributed by atoms with E-state index in [0.29, 0.717) is 12.3 Å². The SMILES string of the molecule is CC(=O)N1CCCN(Cc2ccccc2Oc2cccnc2)c2ccccc21. The molecule has 0 saturated carbocycles. The first-order chi connectivity index (χ1) is 13.7. The lowest BCUT2D eigenvalue weighted by Crippen LogP contribution is -2.28. The van der Waals surface area contributed by atoms with Gasteiger partial charge in [-0.2, -0.15) is 0 Å². The van der Waals surface area contributed by atoms with Crippen molar-refractivity contribution in [3.63, 3.8) is 0 Å². The molecule has 0 bridgehead atoms. The molecule has 5 nitrogen and oxygen atoms in total. The van der Waals surface area contributed by atoms with Crippen molar-refractivity contribution in [1.82, 2.24) is 4.98 Å². The van der Waals surface area contributed by atoms with Crippen molar-refractivity contribution in [2.75, 3.05) is 22.9 Å². The van der Waals surface area contributed by atoms with E-state index in [0.717, 1.165) is 42.2 Å². The largest absolute Gasteiger partial charge is 0.455 e. The molecular weight excluding hydrogens is 350 g/mol. The molecule has 0 unspecified atom stereocenters. The van der Waals surface area contributed by atoms with Crippen LogP contribution in [-0.4, -0.2) is 24.0 Å². The first-order valence-corrected chi connectivity index (χ1v) is 9.50. The summed E-state index contributed by atoms with van der Waals surface area (Å²) in [5.74, 6) is 1.62. The molecule has 142 valence electrons. The zero-order valence-electron chi connectivity index (χ0n) is 15.9. The Labute approximate surface area is 165 Å². The van der Waals surface area contributed by atoms with Gasteiger partial charge < -0.3 is 14.5 Å². The van der Waals surface area contributed by atoms with Gasteiger partial charge in [0.15, 0.2) is 0 Å². The summed E-state index contributed by atoms with van der Waals surface area (Å²) in [7, 11) is 0. The van der Waals surface area contributed by atoms with Crippen LogP contribution in [-0.2, 0) is 11.3 Å². The molecule has 3 aromatic rings. The van der Waals surface area contributed by atoms with E-state index in [2.05, 4.69) is 22.0 Å². The third kappa shape index (κ3) is 3.83. The summed E-state index contributed by atoms with van der Waals surface area (Å²) in [5, 5.41) is 0. The predicted octanol–water partition coefficient (Wildman–Crippen LogP) is 4.64. The number of amides is 1. The number of ether oxygens (including phenoxy) is 1. The third-order valence-electron chi connectivity index (χ3n) is 4.90. The molecule has 0 N–H and O–H groups in total. The van der Waals surface area contributed by atoms with Crippen LogP contribution in [0.4, 0.5) is 11.4 Å². The average Bonchev–Trinajstić information content (AvgIpc) is 2.90. The van der Waals surface area contributed by atoms with Crippen molar-refractivity contribution < 1.29 is 9.53 Å². The molecule has 28 heavy (non-hydrogen) atoms. The van der Waals surface area contributed by atoms with E-state index < -0.39 is 0 Å². The minimum absolute atomic E-state index is 0.0783. The topological polar surface area (TPSA) is 45.7 Å². The van der Waals surface area contributed by atoms with Gasteiger partial charge in [0, 0.05) is 38.3 Å². The number of nitrogens with zero attached hydrogens (tertiary/aromatic N) is 3. The monoisotopic (exact) mass is 373 g/mol. The van der Waals surface area contributed by atoms with Crippen molar-refractivity contribution in [2.45, 2.75) is 19.9 Å². The maximum Gasteiger partial charge on any atom is 0.223 e. The molecule has 2 aromatic carbocycles. The second kappa shape index (κ2) is 8.13. The normalized spacial score (nSPS) is 13.6. The molecule has 5 heteroatoms. The van der Waals surface area contributed by atoms with Crippen LogP contribution in [0.2, 0.25) is 0 Å². The number of carbonyl (C=O) groups excluding carboxylic acids is 1. The lowest BCUT2D eigenvalue weighted by molar-refractivity contribution is -0.116. The summed E-state index contributed by atoms with van der Waals surface area (Å²) in [6.07, 6.45) is 4.36. The van der Waals surface area contributed by atoms with E-state index in [1.807, 2.05) is 53.4 Å². The Bertz CT molecular complexity index is 959. The van der Waals surface area contributed by atoms with Crippen molar-refractivity contribution >= 4 is 17.3 Å². The number of benzene rings is 2. The van der Waals surface area contributed by atoms with E-state index in [4.69, 9.17) is 4.74 Å². The fourth-order valence-electron chi connectivity index (χ4n) is 3.59. The van der Waals surface area contributed by atoms with Crippen molar-refractivity contribution in [3.05, 3.63) is 78.6 Å². The van der Waals surface area contributed by atoms with Gasteiger partial charge in [-0.1, -0.05) is 30.3 Å². The minimum Gasteiger partial charge on any atom is -0.455 e. The summed E-state index contributed by atoms with van der Waals surface area (Å²) in [4.78, 5) is 20.4. The summed E-state index contributed by atoms with van der Waals surface area (Å²) >= 11 is 0. The molecule has 2 heterocycles. The van der Waals surface area contributed by atoms with Gasteiger partial charge in [0.05, 0.1) is 17.6 Å². The van der Waals surface area contributed by atoms with E-state index in [-0.39, 0.29) is 5.91 Å². The quantitative estimate of drug-likeness (QED) is 0.668. The highest BCUT2D eigenvalue weighted by molar-refractivity contribution is 5.95. The van der Waals surface area contributed by atoms with Crippen LogP contribution in [0.1, 0.15) is 18.9 Å². The van der Waals surface area contributed by atoms with Gasteiger partial charge in [0.2, 0.25) is 5.91 Å². The van der Waals surface area contributed by atoms with Gasteiger partial charge in [-0.25, -0.2) is 0 Å². The van der Waals surface area contributed by atoms with Crippen molar-refractivity contribution in [1.29, 1.82) is 0 Å². The molecule has 1 amide bonds. The summed E-state index contributed by atoms with van der Waals surface area (Å²) in [5.41, 5.74) is 3.14. The van der Waals surface area contributed by atoms with Crippen molar-refractivity contribution in [2.24, 2.45) is 0 Å². The van der Waals surface area contributed by atoms with Crippen LogP contribution in [0.15, 0.2) is 73.1 Å². The summed E-state index contributed by atoms with van der Waals surface area (Å²) < 4.78 is 6.08. The van der Waals surface area contributed by atoms with Gasteiger partial charge in [-0.15, -0.1) is 0 Å². The maximum absolute atomic E-state index is 12.1. The number of rotatable bonds is 4. The number of hydrogen-bond donors (Lipinski definition) is 0. The first kappa shape index (κ1) is 18.0. The van der Waals surface area contributed by atoms with E-state index in [1.54, 1.807) is 19.3 Å². The number of para-hydroxylation sites is 3. The van der Waals surface area contributed by atoms with Gasteiger partial charge in [0.25, 0.3) is 0 Å². The third-order valence-corrected chi connectivity index (χ3v) is 4.90. The van der Waals surface area contributed by atoms with Gasteiger partial charge in [-0.05, 0) is 36.8 Å². The van der Waals surface area contributed by atoms with Gasteiger partial charge in [-0.3, -0.25) is 9.78 Å². The molecule has 0 atom stereocenters. The molecule has 0 aliphatic carbocycles. The Morgan fingerprint density at radius 2 is 1.79 bits per heavy atom. The van der Waals surface area contributed by atoms with Gasteiger partial charge >= 0.3 is 0 Å². The highest BCUT2D eigenvalue weighted by Gasteiger charge is 2.23. The number of carbonyl (C=O) groups is 1. The van der Waals surface area contributed by atoms with Crippen LogP contribution < -0.4 is 14.5 Å². The average molecular weight is 373 g/mol. The van der Waals surface area contributed by atoms with Crippen molar-refractivity contribution in [3.8, 4) is 11.5 Å². The molecular formula is C23H23N3O2. The Morgan fingerprint density at radius 1 is 1.00 bits per heavy atom. The van der Waals surface area contributed by atoms with Crippen LogP contribution in [0.25, 0.3) is 0 Å². The van der Waals surface area contributed by atoms with E-state index >= 15 is 0 Å². The number of anilines is 2. The predicted molar refractivity (Wildman–Crippen MR) is 111 cm³/mol. The fourth-order valence-corrected chi connectivity index (χ4v) is 3.59. The molecule has 1 aliphatic heterocycles. The van der Waals surface area contributed by atoms with E-state index in [1.165, 1.54) is 0 Å². The second-order valence-corrected chi connectivity index (χ2v) is 6.83. The highest BCUT2D eigenvalue weighted by Crippen LogP contribution is 2.35. The highest BCUT2D eigenvalue weighted by atomic mass is 16.5. The van der Waals surface area contributed by atoms with Crippen LogP contribution in [0.3, 0.4) is 0 Å². The maximum atomic E-state index is 12.1. The molecule has 0 spiro atoms. The zero-order valence-corrected chi connectivity index (χ0v) is 15.9. The molecule has 4 rings (SSSR count). The smallest absolute Gasteiger partial charge is 0.223 e.